The van der Waals surface area contributed by atoms with E-state index < -0.39 is 0 Å². The van der Waals surface area contributed by atoms with Crippen molar-refractivity contribution in [2.24, 2.45) is 0 Å². The van der Waals surface area contributed by atoms with E-state index in [0.29, 0.717) is 19.0 Å². The van der Waals surface area contributed by atoms with Crippen molar-refractivity contribution in [2.45, 2.75) is 6.54 Å². The summed E-state index contributed by atoms with van der Waals surface area (Å²) in [7, 11) is 1.67. The number of methoxy groups -OCH3 is 1. The van der Waals surface area contributed by atoms with Crippen molar-refractivity contribution >= 4 is 22.7 Å². The maximum absolute atomic E-state index is 5.38. The molecule has 0 bridgehead atoms. The van der Waals surface area contributed by atoms with Crippen LogP contribution in [0.5, 0.6) is 5.75 Å². The van der Waals surface area contributed by atoms with Gasteiger partial charge in [0.2, 0.25) is 5.95 Å². The SMILES string of the molecule is C=CCNc1nc(NCc2ccccc2OC)nc2ccccc12. The third-order valence-electron chi connectivity index (χ3n) is 3.65. The van der Waals surface area contributed by atoms with Gasteiger partial charge in [-0.1, -0.05) is 36.4 Å². The Morgan fingerprint density at radius 2 is 1.83 bits per heavy atom. The monoisotopic (exact) mass is 320 g/mol. The van der Waals surface area contributed by atoms with Gasteiger partial charge in [-0.25, -0.2) is 4.98 Å². The number of para-hydroxylation sites is 2. The van der Waals surface area contributed by atoms with Gasteiger partial charge in [0.05, 0.1) is 12.6 Å². The molecule has 0 saturated heterocycles. The second kappa shape index (κ2) is 7.46. The molecule has 122 valence electrons. The van der Waals surface area contributed by atoms with Gasteiger partial charge < -0.3 is 15.4 Å². The smallest absolute Gasteiger partial charge is 0.225 e. The molecule has 2 aromatic carbocycles. The molecule has 0 unspecified atom stereocenters. The summed E-state index contributed by atoms with van der Waals surface area (Å²) in [6.45, 7) is 4.97. The zero-order valence-electron chi connectivity index (χ0n) is 13.6. The minimum absolute atomic E-state index is 0.575. The lowest BCUT2D eigenvalue weighted by molar-refractivity contribution is 0.410. The summed E-state index contributed by atoms with van der Waals surface area (Å²) in [5.41, 5.74) is 1.94. The van der Waals surface area contributed by atoms with Crippen LogP contribution in [0.1, 0.15) is 5.56 Å². The molecule has 5 nitrogen and oxygen atoms in total. The van der Waals surface area contributed by atoms with Crippen molar-refractivity contribution in [2.75, 3.05) is 24.3 Å². The molecule has 1 heterocycles. The van der Waals surface area contributed by atoms with Crippen LogP contribution in [0, 0.1) is 0 Å². The Kier molecular flexibility index (Phi) is 4.91. The number of nitrogens with zero attached hydrogens (tertiary/aromatic N) is 2. The van der Waals surface area contributed by atoms with E-state index in [9.17, 15) is 0 Å². The average Bonchev–Trinajstić information content (AvgIpc) is 2.64. The van der Waals surface area contributed by atoms with Crippen LogP contribution >= 0.6 is 0 Å². The molecule has 0 fully saturated rings. The van der Waals surface area contributed by atoms with Crippen molar-refractivity contribution < 1.29 is 4.74 Å². The van der Waals surface area contributed by atoms with E-state index in [0.717, 1.165) is 28.0 Å². The minimum Gasteiger partial charge on any atom is -0.496 e. The van der Waals surface area contributed by atoms with E-state index in [2.05, 4.69) is 27.2 Å². The van der Waals surface area contributed by atoms with Crippen LogP contribution in [-0.4, -0.2) is 23.6 Å². The number of aromatic nitrogens is 2. The maximum Gasteiger partial charge on any atom is 0.225 e. The van der Waals surface area contributed by atoms with E-state index in [1.54, 1.807) is 13.2 Å². The minimum atomic E-state index is 0.575. The predicted molar refractivity (Wildman–Crippen MR) is 98.5 cm³/mol. The Bertz CT molecular complexity index is 848. The standard InChI is InChI=1S/C19H20N4O/c1-3-12-20-18-15-9-5-6-10-16(15)22-19(23-18)21-13-14-8-4-7-11-17(14)24-2/h3-11H,1,12-13H2,2H3,(H2,20,21,22,23). The summed E-state index contributed by atoms with van der Waals surface area (Å²) in [6.07, 6.45) is 1.80. The molecule has 5 heteroatoms. The van der Waals surface area contributed by atoms with Gasteiger partial charge in [0.15, 0.2) is 0 Å². The second-order valence-electron chi connectivity index (χ2n) is 5.25. The lowest BCUT2D eigenvalue weighted by atomic mass is 10.2. The van der Waals surface area contributed by atoms with Gasteiger partial charge in [-0.3, -0.25) is 0 Å². The van der Waals surface area contributed by atoms with Crippen molar-refractivity contribution in [1.82, 2.24) is 9.97 Å². The van der Waals surface area contributed by atoms with Gasteiger partial charge in [-0.15, -0.1) is 6.58 Å². The fraction of sp³-hybridized carbons (Fsp3) is 0.158. The van der Waals surface area contributed by atoms with Crippen LogP contribution in [0.4, 0.5) is 11.8 Å². The highest BCUT2D eigenvalue weighted by molar-refractivity contribution is 5.90. The molecule has 0 amide bonds. The predicted octanol–water partition coefficient (Wildman–Crippen LogP) is 3.85. The third-order valence-corrected chi connectivity index (χ3v) is 3.65. The maximum atomic E-state index is 5.38. The first-order chi connectivity index (χ1) is 11.8. The van der Waals surface area contributed by atoms with Crippen LogP contribution < -0.4 is 15.4 Å². The van der Waals surface area contributed by atoms with Crippen molar-refractivity contribution in [3.8, 4) is 5.75 Å². The third kappa shape index (κ3) is 3.46. The van der Waals surface area contributed by atoms with Gasteiger partial charge in [-0.2, -0.15) is 4.98 Å². The molecule has 0 saturated carbocycles. The van der Waals surface area contributed by atoms with Crippen LogP contribution in [0.25, 0.3) is 10.9 Å². The summed E-state index contributed by atoms with van der Waals surface area (Å²) >= 11 is 0. The summed E-state index contributed by atoms with van der Waals surface area (Å²) in [5.74, 6) is 2.21. The van der Waals surface area contributed by atoms with Crippen molar-refractivity contribution in [3.05, 3.63) is 66.7 Å². The normalized spacial score (nSPS) is 10.4. The van der Waals surface area contributed by atoms with E-state index in [-0.39, 0.29) is 0 Å². The number of anilines is 2. The molecule has 2 N–H and O–H groups in total. The fourth-order valence-corrected chi connectivity index (χ4v) is 2.48. The molecule has 0 aliphatic rings. The molecule has 0 aliphatic heterocycles. The first-order valence-corrected chi connectivity index (χ1v) is 7.79. The first kappa shape index (κ1) is 15.8. The Morgan fingerprint density at radius 1 is 1.04 bits per heavy atom. The molecular formula is C19H20N4O. The second-order valence-corrected chi connectivity index (χ2v) is 5.25. The zero-order valence-corrected chi connectivity index (χ0v) is 13.6. The van der Waals surface area contributed by atoms with Crippen LogP contribution in [-0.2, 0) is 6.54 Å². The zero-order chi connectivity index (χ0) is 16.8. The van der Waals surface area contributed by atoms with Crippen LogP contribution in [0.15, 0.2) is 61.2 Å². The van der Waals surface area contributed by atoms with E-state index in [1.165, 1.54) is 0 Å². The molecule has 0 atom stereocenters. The summed E-state index contributed by atoms with van der Waals surface area (Å²) < 4.78 is 5.38. The van der Waals surface area contributed by atoms with E-state index >= 15 is 0 Å². The quantitative estimate of drug-likeness (QED) is 0.648. The number of hydrogen-bond acceptors (Lipinski definition) is 5. The van der Waals surface area contributed by atoms with Crippen LogP contribution in [0.3, 0.4) is 0 Å². The molecule has 0 aliphatic carbocycles. The number of nitrogens with one attached hydrogen (secondary N) is 2. The number of rotatable bonds is 7. The highest BCUT2D eigenvalue weighted by Crippen LogP contribution is 2.23. The number of ether oxygens (including phenoxy) is 1. The molecule has 3 rings (SSSR count). The van der Waals surface area contributed by atoms with E-state index in [4.69, 9.17) is 4.74 Å². The van der Waals surface area contributed by atoms with Crippen molar-refractivity contribution in [1.29, 1.82) is 0 Å². The van der Waals surface area contributed by atoms with Crippen LogP contribution in [0.2, 0.25) is 0 Å². The molecule has 0 radical (unpaired) electrons. The fourth-order valence-electron chi connectivity index (χ4n) is 2.48. The lowest BCUT2D eigenvalue weighted by Gasteiger charge is -2.12. The Balaban J connectivity index is 1.87. The highest BCUT2D eigenvalue weighted by Gasteiger charge is 2.08. The molecular weight excluding hydrogens is 300 g/mol. The van der Waals surface area contributed by atoms with Gasteiger partial charge in [-0.05, 0) is 18.2 Å². The summed E-state index contributed by atoms with van der Waals surface area (Å²) in [5, 5.41) is 7.53. The van der Waals surface area contributed by atoms with E-state index in [1.807, 2.05) is 48.5 Å². The average molecular weight is 320 g/mol. The summed E-state index contributed by atoms with van der Waals surface area (Å²) in [4.78, 5) is 9.17. The summed E-state index contributed by atoms with van der Waals surface area (Å²) in [6, 6.07) is 15.8. The van der Waals surface area contributed by atoms with Gasteiger partial charge in [0, 0.05) is 24.0 Å². The molecule has 1 aromatic heterocycles. The van der Waals surface area contributed by atoms with Gasteiger partial charge in [0.25, 0.3) is 0 Å². The Morgan fingerprint density at radius 3 is 2.67 bits per heavy atom. The molecule has 24 heavy (non-hydrogen) atoms. The Hall–Kier alpha value is -3.08. The molecule has 0 spiro atoms. The van der Waals surface area contributed by atoms with Gasteiger partial charge in [0.1, 0.15) is 11.6 Å². The number of fused-ring (bicyclic) bond motifs is 1. The first-order valence-electron chi connectivity index (χ1n) is 7.79. The topological polar surface area (TPSA) is 59.1 Å². The molecule has 3 aromatic rings. The lowest BCUT2D eigenvalue weighted by Crippen LogP contribution is -2.08. The number of benzene rings is 2. The van der Waals surface area contributed by atoms with Gasteiger partial charge >= 0.3 is 0 Å². The Labute approximate surface area is 141 Å². The largest absolute Gasteiger partial charge is 0.496 e. The highest BCUT2D eigenvalue weighted by atomic mass is 16.5. The number of hydrogen-bond donors (Lipinski definition) is 2. The van der Waals surface area contributed by atoms with Crippen molar-refractivity contribution in [3.63, 3.8) is 0 Å².